The molecule has 180 valence electrons. The second kappa shape index (κ2) is 8.68. The molecule has 4 aromatic rings. The van der Waals surface area contributed by atoms with Crippen molar-refractivity contribution in [3.63, 3.8) is 0 Å². The fourth-order valence-corrected chi connectivity index (χ4v) is 5.18. The van der Waals surface area contributed by atoms with Crippen molar-refractivity contribution in [2.24, 2.45) is 0 Å². The van der Waals surface area contributed by atoms with Crippen molar-refractivity contribution in [1.82, 2.24) is 9.88 Å². The van der Waals surface area contributed by atoms with Crippen LogP contribution in [0.4, 0.5) is 5.69 Å². The molecule has 3 aromatic carbocycles. The average Bonchev–Trinajstić information content (AvgIpc) is 3.24. The van der Waals surface area contributed by atoms with Crippen LogP contribution in [0.2, 0.25) is 0 Å². The lowest BCUT2D eigenvalue weighted by molar-refractivity contribution is -0.127. The Morgan fingerprint density at radius 2 is 1.78 bits per heavy atom. The molecule has 2 aliphatic heterocycles. The van der Waals surface area contributed by atoms with Gasteiger partial charge in [0.15, 0.2) is 6.10 Å². The van der Waals surface area contributed by atoms with Crippen molar-refractivity contribution in [3.05, 3.63) is 106 Å². The van der Waals surface area contributed by atoms with E-state index in [4.69, 9.17) is 4.74 Å². The minimum absolute atomic E-state index is 0.00351. The summed E-state index contributed by atoms with van der Waals surface area (Å²) in [5, 5.41) is 3.44. The van der Waals surface area contributed by atoms with Crippen LogP contribution in [-0.4, -0.2) is 29.0 Å². The molecule has 1 N–H and O–H groups in total. The number of pyridine rings is 1. The number of rotatable bonds is 4. The average molecular weight is 480 g/mol. The van der Waals surface area contributed by atoms with E-state index in [2.05, 4.69) is 12.2 Å². The number of hydrogen-bond donors (Lipinski definition) is 1. The number of hydrogen-bond acceptors (Lipinski definition) is 4. The first-order chi connectivity index (χ1) is 17.5. The monoisotopic (exact) mass is 479 g/mol. The normalized spacial score (nSPS) is 18.0. The van der Waals surface area contributed by atoms with Crippen molar-refractivity contribution in [2.75, 3.05) is 11.4 Å². The fourth-order valence-electron chi connectivity index (χ4n) is 5.18. The molecule has 0 fully saturated rings. The first-order valence-electron chi connectivity index (χ1n) is 12.1. The minimum Gasteiger partial charge on any atom is -0.477 e. The number of fused-ring (bicyclic) bond motifs is 1. The van der Waals surface area contributed by atoms with Crippen LogP contribution in [0.15, 0.2) is 83.8 Å². The Labute approximate surface area is 207 Å². The van der Waals surface area contributed by atoms with E-state index in [1.165, 1.54) is 4.90 Å². The predicted octanol–water partition coefficient (Wildman–Crippen LogP) is 3.84. The van der Waals surface area contributed by atoms with E-state index in [1.54, 1.807) is 36.5 Å². The number of benzene rings is 3. The maximum atomic E-state index is 13.9. The number of carbonyl (C=O) groups is 2. The van der Waals surface area contributed by atoms with Gasteiger partial charge in [-0.05, 0) is 42.7 Å². The summed E-state index contributed by atoms with van der Waals surface area (Å²) in [6.45, 7) is 2.43. The highest BCUT2D eigenvalue weighted by Gasteiger charge is 2.36. The molecular formula is C29H25N3O4. The van der Waals surface area contributed by atoms with Crippen molar-refractivity contribution in [2.45, 2.75) is 32.0 Å². The molecule has 2 unspecified atom stereocenters. The molecule has 0 bridgehead atoms. The van der Waals surface area contributed by atoms with Crippen molar-refractivity contribution in [1.29, 1.82) is 0 Å². The van der Waals surface area contributed by atoms with Crippen LogP contribution in [0.5, 0.6) is 5.75 Å². The third-order valence-electron chi connectivity index (χ3n) is 6.98. The summed E-state index contributed by atoms with van der Waals surface area (Å²) >= 11 is 0. The van der Waals surface area contributed by atoms with Crippen LogP contribution in [0, 0.1) is 0 Å². The van der Waals surface area contributed by atoms with Gasteiger partial charge in [0.05, 0.1) is 17.7 Å². The molecule has 2 aliphatic rings. The zero-order valence-corrected chi connectivity index (χ0v) is 19.8. The van der Waals surface area contributed by atoms with Crippen LogP contribution in [0.1, 0.15) is 34.5 Å². The summed E-state index contributed by atoms with van der Waals surface area (Å²) in [6, 6.07) is 22.5. The van der Waals surface area contributed by atoms with Crippen LogP contribution >= 0.6 is 0 Å². The fraction of sp³-hybridized carbons (Fsp3) is 0.207. The Hall–Kier alpha value is -4.39. The standard InChI is InChI=1S/C29H25N3O4/c1-18-14-20-10-7-11-21-26(20)31(18)16-22(27(21)33)29(35)32-17-25(36-24-13-6-5-12-23(24)32)28(34)30-15-19-8-3-2-4-9-19/h2-13,16,18,25H,14-15,17H2,1H3,(H,30,34). The third-order valence-corrected chi connectivity index (χ3v) is 6.98. The number of aromatic nitrogens is 1. The second-order valence-corrected chi connectivity index (χ2v) is 9.34. The molecule has 0 saturated heterocycles. The second-order valence-electron chi connectivity index (χ2n) is 9.34. The highest BCUT2D eigenvalue weighted by molar-refractivity contribution is 6.09. The van der Waals surface area contributed by atoms with Gasteiger partial charge in [0.2, 0.25) is 5.43 Å². The number of anilines is 1. The van der Waals surface area contributed by atoms with E-state index in [0.717, 1.165) is 23.1 Å². The van der Waals surface area contributed by atoms with Crippen LogP contribution in [0.3, 0.4) is 0 Å². The molecule has 6 rings (SSSR count). The van der Waals surface area contributed by atoms with Gasteiger partial charge in [0.1, 0.15) is 11.3 Å². The van der Waals surface area contributed by atoms with E-state index >= 15 is 0 Å². The molecular weight excluding hydrogens is 454 g/mol. The molecule has 7 heteroatoms. The van der Waals surface area contributed by atoms with Gasteiger partial charge in [-0.2, -0.15) is 0 Å². The van der Waals surface area contributed by atoms with Gasteiger partial charge in [-0.1, -0.05) is 54.6 Å². The largest absolute Gasteiger partial charge is 0.477 e. The first kappa shape index (κ1) is 22.1. The minimum atomic E-state index is -0.906. The van der Waals surface area contributed by atoms with Gasteiger partial charge in [-0.25, -0.2) is 0 Å². The topological polar surface area (TPSA) is 80.6 Å². The molecule has 2 atom stereocenters. The van der Waals surface area contributed by atoms with Crippen molar-refractivity contribution in [3.8, 4) is 5.75 Å². The smallest absolute Gasteiger partial charge is 0.264 e. The molecule has 3 heterocycles. The van der Waals surface area contributed by atoms with Gasteiger partial charge < -0.3 is 19.5 Å². The lowest BCUT2D eigenvalue weighted by Crippen LogP contribution is -2.51. The Kier molecular flexibility index (Phi) is 5.33. The maximum absolute atomic E-state index is 13.9. The Balaban J connectivity index is 1.34. The lowest BCUT2D eigenvalue weighted by Gasteiger charge is -2.34. The zero-order chi connectivity index (χ0) is 24.8. The quantitative estimate of drug-likeness (QED) is 0.482. The van der Waals surface area contributed by atoms with E-state index in [9.17, 15) is 14.4 Å². The first-order valence-corrected chi connectivity index (χ1v) is 12.1. The number of nitrogens with zero attached hydrogens (tertiary/aromatic N) is 2. The van der Waals surface area contributed by atoms with Crippen molar-refractivity contribution >= 4 is 28.4 Å². The molecule has 2 amide bonds. The highest BCUT2D eigenvalue weighted by Crippen LogP contribution is 2.35. The van der Waals surface area contributed by atoms with Crippen molar-refractivity contribution < 1.29 is 14.3 Å². The van der Waals surface area contributed by atoms with E-state index in [1.807, 2.05) is 47.0 Å². The van der Waals surface area contributed by atoms with Gasteiger partial charge in [-0.3, -0.25) is 14.4 Å². The van der Waals surface area contributed by atoms with Crippen LogP contribution < -0.4 is 20.4 Å². The highest BCUT2D eigenvalue weighted by atomic mass is 16.5. The number of nitrogens with one attached hydrogen (secondary N) is 1. The molecule has 7 nitrogen and oxygen atoms in total. The van der Waals surface area contributed by atoms with Crippen LogP contribution in [0.25, 0.3) is 10.9 Å². The zero-order valence-electron chi connectivity index (χ0n) is 19.8. The van der Waals surface area contributed by atoms with Gasteiger partial charge >= 0.3 is 0 Å². The Bertz CT molecular complexity index is 1560. The third kappa shape index (κ3) is 3.64. The number of amides is 2. The summed E-state index contributed by atoms with van der Waals surface area (Å²) in [5.41, 5.74) is 3.31. The molecule has 0 spiro atoms. The van der Waals surface area contributed by atoms with Crippen LogP contribution in [-0.2, 0) is 17.8 Å². The summed E-state index contributed by atoms with van der Waals surface area (Å²) in [5.74, 6) is -0.330. The Morgan fingerprint density at radius 3 is 2.61 bits per heavy atom. The van der Waals surface area contributed by atoms with Gasteiger partial charge in [-0.15, -0.1) is 0 Å². The lowest BCUT2D eigenvalue weighted by atomic mass is 10.1. The van der Waals surface area contributed by atoms with E-state index < -0.39 is 12.0 Å². The molecule has 36 heavy (non-hydrogen) atoms. The maximum Gasteiger partial charge on any atom is 0.264 e. The van der Waals surface area contributed by atoms with E-state index in [0.29, 0.717) is 23.4 Å². The van der Waals surface area contributed by atoms with E-state index in [-0.39, 0.29) is 29.5 Å². The number of carbonyl (C=O) groups excluding carboxylic acids is 2. The van der Waals surface area contributed by atoms with Gasteiger partial charge in [0, 0.05) is 24.2 Å². The molecule has 0 aliphatic carbocycles. The SMILES string of the molecule is CC1Cc2cccc3c(=O)c(C(=O)N4CC(C(=O)NCc5ccccc5)Oc5ccccc54)cn1c23. The summed E-state index contributed by atoms with van der Waals surface area (Å²) in [7, 11) is 0. The Morgan fingerprint density at radius 1 is 1.00 bits per heavy atom. The summed E-state index contributed by atoms with van der Waals surface area (Å²) in [6.07, 6.45) is 1.59. The molecule has 0 radical (unpaired) electrons. The molecule has 1 aromatic heterocycles. The molecule has 0 saturated carbocycles. The summed E-state index contributed by atoms with van der Waals surface area (Å²) in [4.78, 5) is 41.9. The number of para-hydroxylation sites is 3. The predicted molar refractivity (Wildman–Crippen MR) is 137 cm³/mol. The summed E-state index contributed by atoms with van der Waals surface area (Å²) < 4.78 is 8.00. The number of ether oxygens (including phenoxy) is 1. The van der Waals surface area contributed by atoms with Gasteiger partial charge in [0.25, 0.3) is 11.8 Å².